The number of likely N-dealkylation sites (tertiary alicyclic amines) is 1. The Kier molecular flexibility index (Phi) is 7.46. The number of nitrogens with one attached hydrogen (secondary N) is 2. The maximum absolute atomic E-state index is 5.57. The first kappa shape index (κ1) is 18.2. The summed E-state index contributed by atoms with van der Waals surface area (Å²) in [4.78, 5) is 6.71. The second-order valence-electron chi connectivity index (χ2n) is 7.19. The lowest BCUT2D eigenvalue weighted by Crippen LogP contribution is -2.47. The van der Waals surface area contributed by atoms with Gasteiger partial charge in [0.1, 0.15) is 0 Å². The van der Waals surface area contributed by atoms with Crippen LogP contribution in [0.15, 0.2) is 4.99 Å². The first-order chi connectivity index (χ1) is 9.86. The minimum atomic E-state index is 0.118. The fraction of sp³-hybridized carbons (Fsp3) is 0.938. The highest BCUT2D eigenvalue weighted by atomic mass is 16.5. The van der Waals surface area contributed by atoms with Gasteiger partial charge in [-0.05, 0) is 37.8 Å². The van der Waals surface area contributed by atoms with Gasteiger partial charge < -0.3 is 20.3 Å². The lowest BCUT2D eigenvalue weighted by molar-refractivity contribution is 0.0205. The molecule has 2 atom stereocenters. The first-order valence-electron chi connectivity index (χ1n) is 8.02. The molecule has 0 aromatic heterocycles. The van der Waals surface area contributed by atoms with Gasteiger partial charge >= 0.3 is 0 Å². The van der Waals surface area contributed by atoms with Crippen LogP contribution in [-0.2, 0) is 4.74 Å². The zero-order valence-electron chi connectivity index (χ0n) is 14.7. The quantitative estimate of drug-likeness (QED) is 0.597. The number of ether oxygens (including phenoxy) is 1. The molecule has 0 amide bonds. The van der Waals surface area contributed by atoms with Crippen LogP contribution in [0.4, 0.5) is 0 Å². The molecule has 1 heterocycles. The summed E-state index contributed by atoms with van der Waals surface area (Å²) in [5, 5.41) is 6.83. The van der Waals surface area contributed by atoms with E-state index >= 15 is 0 Å². The van der Waals surface area contributed by atoms with Gasteiger partial charge in [-0.15, -0.1) is 0 Å². The predicted octanol–water partition coefficient (Wildman–Crippen LogP) is 1.55. The number of aliphatic imine (C=N–C) groups is 1. The number of guanidine groups is 1. The maximum atomic E-state index is 5.57. The van der Waals surface area contributed by atoms with E-state index in [1.54, 1.807) is 7.11 Å². The van der Waals surface area contributed by atoms with Crippen LogP contribution >= 0.6 is 0 Å². The van der Waals surface area contributed by atoms with E-state index in [1.807, 2.05) is 7.05 Å². The third kappa shape index (κ3) is 6.66. The van der Waals surface area contributed by atoms with Gasteiger partial charge in [-0.1, -0.05) is 20.8 Å². The summed E-state index contributed by atoms with van der Waals surface area (Å²) in [5.41, 5.74) is 0.118. The molecule has 5 heteroatoms. The van der Waals surface area contributed by atoms with Crippen LogP contribution in [0, 0.1) is 11.3 Å². The number of hydrogen-bond donors (Lipinski definition) is 2. The van der Waals surface area contributed by atoms with E-state index in [1.165, 1.54) is 25.9 Å². The lowest BCUT2D eigenvalue weighted by atomic mass is 9.89. The molecule has 0 radical (unpaired) electrons. The molecule has 21 heavy (non-hydrogen) atoms. The van der Waals surface area contributed by atoms with Crippen molar-refractivity contribution in [2.45, 2.75) is 39.7 Å². The summed E-state index contributed by atoms with van der Waals surface area (Å²) in [7, 11) is 5.79. The van der Waals surface area contributed by atoms with Crippen LogP contribution in [0.2, 0.25) is 0 Å². The van der Waals surface area contributed by atoms with Crippen molar-refractivity contribution in [3.8, 4) is 0 Å². The Bertz CT molecular complexity index is 325. The molecule has 5 nitrogen and oxygen atoms in total. The Morgan fingerprint density at radius 1 is 1.38 bits per heavy atom. The topological polar surface area (TPSA) is 48.9 Å². The van der Waals surface area contributed by atoms with Crippen LogP contribution in [0.5, 0.6) is 0 Å². The lowest BCUT2D eigenvalue weighted by Gasteiger charge is -2.31. The van der Waals surface area contributed by atoms with Gasteiger partial charge in [0.25, 0.3) is 0 Å². The minimum Gasteiger partial charge on any atom is -0.379 e. The fourth-order valence-electron chi connectivity index (χ4n) is 2.83. The molecule has 1 aliphatic rings. The molecule has 1 fully saturated rings. The highest BCUT2D eigenvalue weighted by Crippen LogP contribution is 2.20. The van der Waals surface area contributed by atoms with Gasteiger partial charge in [0.15, 0.2) is 5.96 Å². The molecular weight excluding hydrogens is 264 g/mol. The normalized spacial score (nSPS) is 23.0. The zero-order chi connectivity index (χ0) is 15.9. The summed E-state index contributed by atoms with van der Waals surface area (Å²) in [6.07, 6.45) is 2.76. The minimum absolute atomic E-state index is 0.118. The monoisotopic (exact) mass is 298 g/mol. The van der Waals surface area contributed by atoms with Gasteiger partial charge in [0.2, 0.25) is 0 Å². The molecule has 1 rings (SSSR count). The van der Waals surface area contributed by atoms with Crippen molar-refractivity contribution < 1.29 is 4.74 Å². The van der Waals surface area contributed by atoms with Crippen molar-refractivity contribution in [1.82, 2.24) is 15.5 Å². The van der Waals surface area contributed by atoms with Crippen molar-refractivity contribution in [2.75, 3.05) is 47.4 Å². The number of piperidine rings is 1. The third-order valence-electron chi connectivity index (χ3n) is 4.21. The summed E-state index contributed by atoms with van der Waals surface area (Å²) in [5.74, 6) is 1.58. The average molecular weight is 298 g/mol. The van der Waals surface area contributed by atoms with E-state index in [9.17, 15) is 0 Å². The molecule has 0 aromatic rings. The molecule has 2 N–H and O–H groups in total. The summed E-state index contributed by atoms with van der Waals surface area (Å²) in [6, 6.07) is 0. The fourth-order valence-corrected chi connectivity index (χ4v) is 2.83. The largest absolute Gasteiger partial charge is 0.379 e. The second-order valence-corrected chi connectivity index (χ2v) is 7.19. The first-order valence-corrected chi connectivity index (χ1v) is 8.02. The Morgan fingerprint density at radius 2 is 2.10 bits per heavy atom. The number of methoxy groups -OCH3 is 1. The van der Waals surface area contributed by atoms with E-state index in [0.29, 0.717) is 5.92 Å². The molecule has 2 unspecified atom stereocenters. The molecule has 0 aromatic carbocycles. The van der Waals surface area contributed by atoms with Gasteiger partial charge in [0, 0.05) is 33.8 Å². The van der Waals surface area contributed by atoms with Gasteiger partial charge in [-0.3, -0.25) is 4.99 Å². The number of nitrogens with zero attached hydrogens (tertiary/aromatic N) is 2. The van der Waals surface area contributed by atoms with Crippen molar-refractivity contribution in [3.63, 3.8) is 0 Å². The Hall–Kier alpha value is -0.810. The SMILES string of the molecule is CN=C(NCC1CCCN(C)C1)NCC(OC)C(C)(C)C. The van der Waals surface area contributed by atoms with Crippen LogP contribution in [0.25, 0.3) is 0 Å². The Balaban J connectivity index is 2.35. The molecule has 0 saturated carbocycles. The Morgan fingerprint density at radius 3 is 2.62 bits per heavy atom. The van der Waals surface area contributed by atoms with Crippen LogP contribution in [0.3, 0.4) is 0 Å². The second kappa shape index (κ2) is 8.59. The summed E-state index contributed by atoms with van der Waals surface area (Å²) < 4.78 is 5.57. The smallest absolute Gasteiger partial charge is 0.191 e. The molecular formula is C16H34N4O. The van der Waals surface area contributed by atoms with Crippen molar-refractivity contribution in [3.05, 3.63) is 0 Å². The molecule has 1 aliphatic heterocycles. The third-order valence-corrected chi connectivity index (χ3v) is 4.21. The van der Waals surface area contributed by atoms with Gasteiger partial charge in [-0.25, -0.2) is 0 Å². The van der Waals surface area contributed by atoms with E-state index in [2.05, 4.69) is 48.3 Å². The maximum Gasteiger partial charge on any atom is 0.191 e. The molecule has 0 aliphatic carbocycles. The highest BCUT2D eigenvalue weighted by Gasteiger charge is 2.24. The van der Waals surface area contributed by atoms with E-state index in [4.69, 9.17) is 4.74 Å². The molecule has 0 bridgehead atoms. The number of hydrogen-bond acceptors (Lipinski definition) is 3. The average Bonchev–Trinajstić information content (AvgIpc) is 2.41. The van der Waals surface area contributed by atoms with Crippen LogP contribution < -0.4 is 10.6 Å². The van der Waals surface area contributed by atoms with E-state index in [0.717, 1.165) is 19.0 Å². The molecule has 0 spiro atoms. The van der Waals surface area contributed by atoms with Crippen LogP contribution in [-0.4, -0.2) is 64.3 Å². The highest BCUT2D eigenvalue weighted by molar-refractivity contribution is 5.79. The van der Waals surface area contributed by atoms with Crippen molar-refractivity contribution in [1.29, 1.82) is 0 Å². The van der Waals surface area contributed by atoms with Crippen molar-refractivity contribution >= 4 is 5.96 Å². The van der Waals surface area contributed by atoms with E-state index in [-0.39, 0.29) is 11.5 Å². The summed E-state index contributed by atoms with van der Waals surface area (Å²) >= 11 is 0. The molecule has 124 valence electrons. The summed E-state index contributed by atoms with van der Waals surface area (Å²) in [6.45, 7) is 10.7. The molecule has 1 saturated heterocycles. The Labute approximate surface area is 130 Å². The van der Waals surface area contributed by atoms with Gasteiger partial charge in [-0.2, -0.15) is 0 Å². The standard InChI is InChI=1S/C16H34N4O/c1-16(2,3)14(21-6)11-19-15(17-4)18-10-13-8-7-9-20(5)12-13/h13-14H,7-12H2,1-6H3,(H2,17,18,19). The van der Waals surface area contributed by atoms with Gasteiger partial charge in [0.05, 0.1) is 6.10 Å². The number of rotatable bonds is 5. The van der Waals surface area contributed by atoms with E-state index < -0.39 is 0 Å². The predicted molar refractivity (Wildman–Crippen MR) is 89.8 cm³/mol. The van der Waals surface area contributed by atoms with Crippen molar-refractivity contribution in [2.24, 2.45) is 16.3 Å². The zero-order valence-corrected chi connectivity index (χ0v) is 14.7. The van der Waals surface area contributed by atoms with Crippen LogP contribution in [0.1, 0.15) is 33.6 Å².